The third-order valence-electron chi connectivity index (χ3n) is 6.28. The summed E-state index contributed by atoms with van der Waals surface area (Å²) in [6.45, 7) is 0.973. The molecule has 0 saturated heterocycles. The Balaban J connectivity index is 1.93. The third kappa shape index (κ3) is 13.6. The summed E-state index contributed by atoms with van der Waals surface area (Å²) in [4.78, 5) is 36.2. The van der Waals surface area contributed by atoms with Crippen LogP contribution in [0.1, 0.15) is 23.7 Å². The lowest BCUT2D eigenvalue weighted by molar-refractivity contribution is -0.155. The Hall–Kier alpha value is -4.07. The summed E-state index contributed by atoms with van der Waals surface area (Å²) >= 11 is 0. The zero-order chi connectivity index (χ0) is 33.2. The number of ether oxygens (including phenoxy) is 4. The quantitative estimate of drug-likeness (QED) is 0.0697. The average molecular weight is 633 g/mol. The molecule has 2 aromatic rings. The number of para-hydroxylation sites is 1. The van der Waals surface area contributed by atoms with Crippen LogP contribution in [0.4, 0.5) is 0 Å². The van der Waals surface area contributed by atoms with E-state index >= 15 is 0 Å². The van der Waals surface area contributed by atoms with Crippen molar-refractivity contribution in [2.24, 2.45) is 0 Å². The van der Waals surface area contributed by atoms with Crippen LogP contribution >= 0.6 is 0 Å². The lowest BCUT2D eigenvalue weighted by Gasteiger charge is -2.33. The van der Waals surface area contributed by atoms with Gasteiger partial charge < -0.3 is 55.1 Å². The maximum atomic E-state index is 12.7. The van der Waals surface area contributed by atoms with E-state index in [1.807, 2.05) is 6.07 Å². The van der Waals surface area contributed by atoms with Crippen molar-refractivity contribution in [2.75, 3.05) is 39.6 Å². The number of carbonyl (C=O) groups is 3. The van der Waals surface area contributed by atoms with Crippen molar-refractivity contribution in [2.45, 2.75) is 49.9 Å². The summed E-state index contributed by atoms with van der Waals surface area (Å²) in [5, 5.41) is 56.9. The maximum absolute atomic E-state index is 12.7. The molecule has 0 fully saturated rings. The van der Waals surface area contributed by atoms with Crippen LogP contribution in [-0.4, -0.2) is 119 Å². The molecule has 0 aliphatic carbocycles. The Bertz CT molecular complexity index is 1240. The molecule has 1 unspecified atom stereocenters. The number of aliphatic hydroxyl groups excluding tert-OH is 4. The summed E-state index contributed by atoms with van der Waals surface area (Å²) in [6.07, 6.45) is -4.52. The highest BCUT2D eigenvalue weighted by atomic mass is 16.6. The van der Waals surface area contributed by atoms with Gasteiger partial charge in [-0.1, -0.05) is 30.2 Å². The van der Waals surface area contributed by atoms with Gasteiger partial charge in [0.15, 0.2) is 6.10 Å². The molecule has 0 spiro atoms. The summed E-state index contributed by atoms with van der Waals surface area (Å²) in [6, 6.07) is 13.5. The first-order valence-corrected chi connectivity index (χ1v) is 14.1. The van der Waals surface area contributed by atoms with E-state index in [-0.39, 0.29) is 38.6 Å². The number of hydrogen-bond donors (Lipinski definition) is 7. The molecule has 0 heterocycles. The number of hydrogen-bond acceptors (Lipinski definition) is 11. The summed E-state index contributed by atoms with van der Waals surface area (Å²) in [7, 11) is 0. The SMILES string of the molecule is C#CCOCCOCCOC(C[C@H](O)[C@@H](NC(C)=O)[C@@H](O)[C@H](O)[C@H](O)CNC(=O)c1cccc(Oc2ccccc2)c1)C(=O)O. The van der Waals surface area contributed by atoms with E-state index in [0.717, 1.165) is 6.92 Å². The molecular formula is C31H40N2O12. The molecule has 2 rings (SSSR count). The van der Waals surface area contributed by atoms with Gasteiger partial charge in [-0.3, -0.25) is 9.59 Å². The van der Waals surface area contributed by atoms with Crippen molar-refractivity contribution < 1.29 is 58.9 Å². The predicted molar refractivity (Wildman–Crippen MR) is 159 cm³/mol. The van der Waals surface area contributed by atoms with E-state index in [1.165, 1.54) is 12.1 Å². The summed E-state index contributed by atoms with van der Waals surface area (Å²) in [5.41, 5.74) is 0.194. The Morgan fingerprint density at radius 3 is 2.20 bits per heavy atom. The van der Waals surface area contributed by atoms with Crippen molar-refractivity contribution >= 4 is 17.8 Å². The number of rotatable bonds is 21. The Morgan fingerprint density at radius 1 is 0.867 bits per heavy atom. The van der Waals surface area contributed by atoms with E-state index in [2.05, 4.69) is 16.6 Å². The zero-order valence-electron chi connectivity index (χ0n) is 24.8. The van der Waals surface area contributed by atoms with Crippen LogP contribution in [0.3, 0.4) is 0 Å². The largest absolute Gasteiger partial charge is 0.479 e. The minimum atomic E-state index is -1.97. The normalized spacial score (nSPS) is 15.0. The first-order chi connectivity index (χ1) is 21.5. The second-order valence-electron chi connectivity index (χ2n) is 9.80. The Kier molecular flexibility index (Phi) is 16.5. The van der Waals surface area contributed by atoms with Gasteiger partial charge in [-0.2, -0.15) is 0 Å². The molecule has 14 nitrogen and oxygen atoms in total. The number of carbonyl (C=O) groups excluding carboxylic acids is 2. The molecule has 0 saturated carbocycles. The Morgan fingerprint density at radius 2 is 1.53 bits per heavy atom. The maximum Gasteiger partial charge on any atom is 0.332 e. The number of aliphatic hydroxyl groups is 4. The molecule has 246 valence electrons. The van der Waals surface area contributed by atoms with E-state index in [1.54, 1.807) is 36.4 Å². The van der Waals surface area contributed by atoms with Gasteiger partial charge in [-0.25, -0.2) is 4.79 Å². The zero-order valence-corrected chi connectivity index (χ0v) is 24.8. The number of terminal acetylenes is 1. The standard InChI is InChI=1S/C31H40N2O12/c1-3-12-42-13-14-43-15-16-44-26(31(40)41)18-24(35)27(33-20(2)34)29(38)28(37)25(36)19-32-30(39)21-8-7-11-23(17-21)45-22-9-5-4-6-10-22/h1,4-11,17,24-29,35-38H,12-16,18-19H2,2H3,(H,32,39)(H,33,34)(H,40,41)/t24-,25+,26?,27+,28+,29+/m0/s1. The molecule has 0 bridgehead atoms. The van der Waals surface area contributed by atoms with Crippen LogP contribution in [0.15, 0.2) is 54.6 Å². The molecule has 0 aromatic heterocycles. The van der Waals surface area contributed by atoms with Gasteiger partial charge in [0.2, 0.25) is 5.91 Å². The molecule has 6 atom stereocenters. The summed E-state index contributed by atoms with van der Waals surface area (Å²) < 4.78 is 21.3. The van der Waals surface area contributed by atoms with E-state index < -0.39 is 67.3 Å². The highest BCUT2D eigenvalue weighted by Crippen LogP contribution is 2.22. The highest BCUT2D eigenvalue weighted by Gasteiger charge is 2.38. The number of aliphatic carboxylic acids is 1. The van der Waals surface area contributed by atoms with E-state index in [0.29, 0.717) is 11.5 Å². The van der Waals surface area contributed by atoms with Gasteiger partial charge in [0.25, 0.3) is 5.91 Å². The van der Waals surface area contributed by atoms with Gasteiger partial charge in [0, 0.05) is 25.5 Å². The number of carboxylic acids is 1. The number of amides is 2. The molecule has 0 aliphatic rings. The van der Waals surface area contributed by atoms with Gasteiger partial charge in [0.05, 0.1) is 44.7 Å². The fourth-order valence-corrected chi connectivity index (χ4v) is 4.04. The van der Waals surface area contributed by atoms with E-state index in [4.69, 9.17) is 25.4 Å². The van der Waals surface area contributed by atoms with Crippen LogP contribution in [0.5, 0.6) is 11.5 Å². The van der Waals surface area contributed by atoms with Crippen molar-refractivity contribution in [3.8, 4) is 23.8 Å². The first kappa shape index (κ1) is 37.1. The molecule has 2 amide bonds. The van der Waals surface area contributed by atoms with Crippen molar-refractivity contribution in [1.29, 1.82) is 0 Å². The van der Waals surface area contributed by atoms with Crippen LogP contribution in [0.25, 0.3) is 0 Å². The van der Waals surface area contributed by atoms with Crippen molar-refractivity contribution in [1.82, 2.24) is 10.6 Å². The molecule has 45 heavy (non-hydrogen) atoms. The number of benzene rings is 2. The molecule has 14 heteroatoms. The van der Waals surface area contributed by atoms with Crippen molar-refractivity contribution in [3.05, 3.63) is 60.2 Å². The second-order valence-corrected chi connectivity index (χ2v) is 9.80. The van der Waals surface area contributed by atoms with Gasteiger partial charge in [0.1, 0.15) is 30.3 Å². The van der Waals surface area contributed by atoms with Crippen LogP contribution in [0.2, 0.25) is 0 Å². The lowest BCUT2D eigenvalue weighted by atomic mass is 9.93. The van der Waals surface area contributed by atoms with Crippen LogP contribution in [-0.2, 0) is 23.8 Å². The topological polar surface area (TPSA) is 213 Å². The molecule has 2 aromatic carbocycles. The third-order valence-corrected chi connectivity index (χ3v) is 6.28. The van der Waals surface area contributed by atoms with Gasteiger partial charge in [-0.05, 0) is 30.3 Å². The predicted octanol–water partition coefficient (Wildman–Crippen LogP) is -0.317. The fraction of sp³-hybridized carbons (Fsp3) is 0.452. The highest BCUT2D eigenvalue weighted by molar-refractivity contribution is 5.94. The average Bonchev–Trinajstić information content (AvgIpc) is 3.02. The van der Waals surface area contributed by atoms with Gasteiger partial charge >= 0.3 is 5.97 Å². The van der Waals surface area contributed by atoms with Crippen LogP contribution in [0, 0.1) is 12.3 Å². The second kappa shape index (κ2) is 20.1. The minimum Gasteiger partial charge on any atom is -0.479 e. The molecular weight excluding hydrogens is 592 g/mol. The Labute approximate surface area is 260 Å². The number of carboxylic acid groups (broad SMARTS) is 1. The summed E-state index contributed by atoms with van der Waals surface area (Å²) in [5.74, 6) is 0.497. The number of nitrogens with one attached hydrogen (secondary N) is 2. The molecule has 0 radical (unpaired) electrons. The van der Waals surface area contributed by atoms with Crippen LogP contribution < -0.4 is 15.4 Å². The van der Waals surface area contributed by atoms with Crippen molar-refractivity contribution in [3.63, 3.8) is 0 Å². The minimum absolute atomic E-state index is 0.0119. The molecule has 7 N–H and O–H groups in total. The van der Waals surface area contributed by atoms with Gasteiger partial charge in [-0.15, -0.1) is 6.42 Å². The lowest BCUT2D eigenvalue weighted by Crippen LogP contribution is -2.58. The monoisotopic (exact) mass is 632 g/mol. The first-order valence-electron chi connectivity index (χ1n) is 14.1. The smallest absolute Gasteiger partial charge is 0.332 e. The van der Waals surface area contributed by atoms with E-state index in [9.17, 15) is 39.9 Å². The fourth-order valence-electron chi connectivity index (χ4n) is 4.04. The molecule has 0 aliphatic heterocycles.